The van der Waals surface area contributed by atoms with Crippen LogP contribution in [-0.2, 0) is 4.79 Å². The number of hydrogen-bond donors (Lipinski definition) is 2. The molecule has 4 nitrogen and oxygen atoms in total. The van der Waals surface area contributed by atoms with Gasteiger partial charge in [0.1, 0.15) is 5.75 Å². The Labute approximate surface area is 128 Å². The van der Waals surface area contributed by atoms with E-state index < -0.39 is 0 Å². The summed E-state index contributed by atoms with van der Waals surface area (Å²) in [4.78, 5) is 11.8. The van der Waals surface area contributed by atoms with Gasteiger partial charge in [0.2, 0.25) is 5.91 Å². The molecule has 0 spiro atoms. The van der Waals surface area contributed by atoms with Gasteiger partial charge in [-0.05, 0) is 40.7 Å². The van der Waals surface area contributed by atoms with E-state index in [0.717, 1.165) is 11.3 Å². The summed E-state index contributed by atoms with van der Waals surface area (Å²) in [5.74, 6) is 0.972. The average Bonchev–Trinajstić information content (AvgIpc) is 2.37. The monoisotopic (exact) mass is 292 g/mol. The Hall–Kier alpha value is -1.55. The van der Waals surface area contributed by atoms with Crippen LogP contribution in [0, 0.1) is 0 Å². The molecule has 1 amide bonds. The van der Waals surface area contributed by atoms with Gasteiger partial charge in [-0.25, -0.2) is 0 Å². The molecule has 0 bridgehead atoms. The number of ether oxygens (including phenoxy) is 1. The molecule has 0 aliphatic rings. The predicted molar refractivity (Wildman–Crippen MR) is 86.5 cm³/mol. The number of para-hydroxylation sites is 1. The number of benzene rings is 1. The van der Waals surface area contributed by atoms with Crippen LogP contribution in [-0.4, -0.2) is 24.6 Å². The number of nitrogens with one attached hydrogen (secondary N) is 2. The number of amides is 1. The van der Waals surface area contributed by atoms with Crippen LogP contribution in [0.1, 0.15) is 52.6 Å². The second kappa shape index (κ2) is 8.03. The standard InChI is InChI=1S/C17H28N2O2/c1-6-21-15-10-8-7-9-14(15)13(2)18-12-11-16(20)19-17(3,4)5/h7-10,13,18H,6,11-12H2,1-5H3,(H,19,20). The SMILES string of the molecule is CCOc1ccccc1C(C)NCCC(=O)NC(C)(C)C. The van der Waals surface area contributed by atoms with E-state index in [1.54, 1.807) is 0 Å². The Kier molecular flexibility index (Phi) is 6.69. The Bertz CT molecular complexity index is 452. The molecule has 0 aliphatic heterocycles. The fourth-order valence-electron chi connectivity index (χ4n) is 2.12. The van der Waals surface area contributed by atoms with Crippen molar-refractivity contribution in [2.75, 3.05) is 13.2 Å². The molecule has 1 rings (SSSR count). The molecule has 0 heterocycles. The smallest absolute Gasteiger partial charge is 0.221 e. The molecule has 1 aromatic rings. The van der Waals surface area contributed by atoms with E-state index in [9.17, 15) is 4.79 Å². The van der Waals surface area contributed by atoms with Crippen molar-refractivity contribution in [2.45, 2.75) is 52.6 Å². The van der Waals surface area contributed by atoms with Gasteiger partial charge < -0.3 is 15.4 Å². The van der Waals surface area contributed by atoms with Gasteiger partial charge in [-0.1, -0.05) is 18.2 Å². The van der Waals surface area contributed by atoms with Crippen LogP contribution in [0.4, 0.5) is 0 Å². The van der Waals surface area contributed by atoms with Crippen molar-refractivity contribution < 1.29 is 9.53 Å². The molecule has 1 unspecified atom stereocenters. The van der Waals surface area contributed by atoms with Crippen LogP contribution in [0.15, 0.2) is 24.3 Å². The first-order valence-electron chi connectivity index (χ1n) is 7.59. The Morgan fingerprint density at radius 2 is 1.95 bits per heavy atom. The Morgan fingerprint density at radius 3 is 2.57 bits per heavy atom. The summed E-state index contributed by atoms with van der Waals surface area (Å²) in [6, 6.07) is 8.15. The van der Waals surface area contributed by atoms with E-state index >= 15 is 0 Å². The minimum absolute atomic E-state index is 0.0697. The maximum absolute atomic E-state index is 11.8. The molecule has 0 aromatic heterocycles. The molecule has 0 aliphatic carbocycles. The van der Waals surface area contributed by atoms with Gasteiger partial charge in [0.05, 0.1) is 6.61 Å². The summed E-state index contributed by atoms with van der Waals surface area (Å²) in [5.41, 5.74) is 0.945. The van der Waals surface area contributed by atoms with Gasteiger partial charge in [-0.15, -0.1) is 0 Å². The van der Waals surface area contributed by atoms with Crippen molar-refractivity contribution in [1.82, 2.24) is 10.6 Å². The Balaban J connectivity index is 2.47. The molecule has 1 aromatic carbocycles. The summed E-state index contributed by atoms with van der Waals surface area (Å²) in [6.07, 6.45) is 0.471. The van der Waals surface area contributed by atoms with Gasteiger partial charge in [0.25, 0.3) is 0 Å². The highest BCUT2D eigenvalue weighted by molar-refractivity contribution is 5.76. The van der Waals surface area contributed by atoms with Gasteiger partial charge in [-0.2, -0.15) is 0 Å². The van der Waals surface area contributed by atoms with Crippen LogP contribution in [0.25, 0.3) is 0 Å². The summed E-state index contributed by atoms with van der Waals surface area (Å²) in [5, 5.41) is 6.33. The molecule has 0 saturated heterocycles. The molecule has 1 atom stereocenters. The third-order valence-corrected chi connectivity index (χ3v) is 3.00. The Morgan fingerprint density at radius 1 is 1.29 bits per heavy atom. The van der Waals surface area contributed by atoms with E-state index in [-0.39, 0.29) is 17.5 Å². The van der Waals surface area contributed by atoms with Crippen LogP contribution in [0.3, 0.4) is 0 Å². The van der Waals surface area contributed by atoms with Crippen molar-refractivity contribution in [3.05, 3.63) is 29.8 Å². The fourth-order valence-corrected chi connectivity index (χ4v) is 2.12. The molecule has 0 fully saturated rings. The maximum Gasteiger partial charge on any atom is 0.221 e. The number of hydrogen-bond acceptors (Lipinski definition) is 3. The van der Waals surface area contributed by atoms with Crippen LogP contribution in [0.2, 0.25) is 0 Å². The lowest BCUT2D eigenvalue weighted by molar-refractivity contribution is -0.122. The molecule has 0 saturated carbocycles. The van der Waals surface area contributed by atoms with Gasteiger partial charge in [-0.3, -0.25) is 4.79 Å². The van der Waals surface area contributed by atoms with E-state index in [1.165, 1.54) is 0 Å². The highest BCUT2D eigenvalue weighted by Crippen LogP contribution is 2.24. The topological polar surface area (TPSA) is 50.4 Å². The van der Waals surface area contributed by atoms with Crippen LogP contribution >= 0.6 is 0 Å². The molecule has 21 heavy (non-hydrogen) atoms. The summed E-state index contributed by atoms with van der Waals surface area (Å²) in [7, 11) is 0. The van der Waals surface area contributed by atoms with Gasteiger partial charge in [0.15, 0.2) is 0 Å². The van der Waals surface area contributed by atoms with E-state index in [2.05, 4.69) is 23.6 Å². The van der Waals surface area contributed by atoms with Crippen LogP contribution in [0.5, 0.6) is 5.75 Å². The second-order valence-corrected chi connectivity index (χ2v) is 6.19. The highest BCUT2D eigenvalue weighted by Gasteiger charge is 2.14. The average molecular weight is 292 g/mol. The molecule has 2 N–H and O–H groups in total. The molecular weight excluding hydrogens is 264 g/mol. The van der Waals surface area contributed by atoms with Crippen LogP contribution < -0.4 is 15.4 Å². The molecule has 0 radical (unpaired) electrons. The summed E-state index contributed by atoms with van der Waals surface area (Å²) >= 11 is 0. The van der Waals surface area contributed by atoms with Gasteiger partial charge >= 0.3 is 0 Å². The minimum atomic E-state index is -0.176. The van der Waals surface area contributed by atoms with Crippen molar-refractivity contribution in [2.24, 2.45) is 0 Å². The largest absolute Gasteiger partial charge is 0.494 e. The number of carbonyl (C=O) groups is 1. The van der Waals surface area contributed by atoms with Crippen molar-refractivity contribution >= 4 is 5.91 Å². The summed E-state index contributed by atoms with van der Waals surface area (Å²) < 4.78 is 5.63. The van der Waals surface area contributed by atoms with E-state index in [1.807, 2.05) is 45.9 Å². The molecular formula is C17H28N2O2. The lowest BCUT2D eigenvalue weighted by atomic mass is 10.1. The normalized spacial score (nSPS) is 12.8. The predicted octanol–water partition coefficient (Wildman–Crippen LogP) is 3.04. The van der Waals surface area contributed by atoms with E-state index in [0.29, 0.717) is 19.6 Å². The van der Waals surface area contributed by atoms with Crippen molar-refractivity contribution in [1.29, 1.82) is 0 Å². The number of carbonyl (C=O) groups excluding carboxylic acids is 1. The lowest BCUT2D eigenvalue weighted by Crippen LogP contribution is -2.41. The third-order valence-electron chi connectivity index (χ3n) is 3.00. The van der Waals surface area contributed by atoms with Gasteiger partial charge in [0, 0.05) is 30.1 Å². The molecule has 4 heteroatoms. The summed E-state index contributed by atoms with van der Waals surface area (Å²) in [6.45, 7) is 11.3. The minimum Gasteiger partial charge on any atom is -0.494 e. The zero-order valence-electron chi connectivity index (χ0n) is 13.8. The zero-order valence-corrected chi connectivity index (χ0v) is 13.8. The van der Waals surface area contributed by atoms with Crippen molar-refractivity contribution in [3.8, 4) is 5.75 Å². The van der Waals surface area contributed by atoms with Crippen molar-refractivity contribution in [3.63, 3.8) is 0 Å². The second-order valence-electron chi connectivity index (χ2n) is 6.19. The zero-order chi connectivity index (χ0) is 15.9. The lowest BCUT2D eigenvalue weighted by Gasteiger charge is -2.21. The highest BCUT2D eigenvalue weighted by atomic mass is 16.5. The third kappa shape index (κ3) is 6.63. The first kappa shape index (κ1) is 17.5. The van der Waals surface area contributed by atoms with E-state index in [4.69, 9.17) is 4.74 Å². The number of rotatable bonds is 7. The molecule has 118 valence electrons. The maximum atomic E-state index is 11.8. The quantitative estimate of drug-likeness (QED) is 0.812. The first-order valence-corrected chi connectivity index (χ1v) is 7.59. The first-order chi connectivity index (χ1) is 9.83. The fraction of sp³-hybridized carbons (Fsp3) is 0.588.